The first-order valence-corrected chi connectivity index (χ1v) is 6.42. The van der Waals surface area contributed by atoms with Gasteiger partial charge >= 0.3 is 0 Å². The van der Waals surface area contributed by atoms with E-state index in [0.29, 0.717) is 6.04 Å². The number of nitrogens with zero attached hydrogens (tertiary/aromatic N) is 2. The highest BCUT2D eigenvalue weighted by Crippen LogP contribution is 2.22. The van der Waals surface area contributed by atoms with Gasteiger partial charge in [0.25, 0.3) is 0 Å². The molecule has 1 aromatic carbocycles. The van der Waals surface area contributed by atoms with Crippen LogP contribution in [0.2, 0.25) is 0 Å². The molecule has 1 atom stereocenters. The number of hydrogen-bond donors (Lipinski definition) is 1. The van der Waals surface area contributed by atoms with Crippen LogP contribution in [0.4, 0.5) is 5.69 Å². The molecule has 1 heterocycles. The van der Waals surface area contributed by atoms with Crippen molar-refractivity contribution in [2.45, 2.75) is 19.4 Å². The van der Waals surface area contributed by atoms with Gasteiger partial charge in [-0.25, -0.2) is 0 Å². The molecule has 1 fully saturated rings. The maximum Gasteiger partial charge on any atom is 0.0429 e. The van der Waals surface area contributed by atoms with E-state index in [0.717, 1.165) is 32.6 Å². The minimum absolute atomic E-state index is 0.556. The number of hydrogen-bond acceptors (Lipinski definition) is 3. The normalized spacial score (nSPS) is 21.8. The van der Waals surface area contributed by atoms with Gasteiger partial charge in [0, 0.05) is 31.4 Å². The molecule has 3 nitrogen and oxygen atoms in total. The highest BCUT2D eigenvalue weighted by atomic mass is 15.3. The van der Waals surface area contributed by atoms with Crippen molar-refractivity contribution in [3.05, 3.63) is 29.8 Å². The molecule has 1 aliphatic rings. The van der Waals surface area contributed by atoms with E-state index >= 15 is 0 Å². The zero-order valence-corrected chi connectivity index (χ0v) is 10.9. The van der Waals surface area contributed by atoms with Gasteiger partial charge in [-0.3, -0.25) is 0 Å². The van der Waals surface area contributed by atoms with Gasteiger partial charge in [0.1, 0.15) is 0 Å². The van der Waals surface area contributed by atoms with Crippen LogP contribution in [-0.2, 0) is 0 Å². The van der Waals surface area contributed by atoms with Crippen LogP contribution in [0.5, 0.6) is 0 Å². The molecule has 94 valence electrons. The van der Waals surface area contributed by atoms with Gasteiger partial charge in [-0.15, -0.1) is 0 Å². The van der Waals surface area contributed by atoms with Crippen molar-refractivity contribution in [1.82, 2.24) is 4.90 Å². The third-order valence-electron chi connectivity index (χ3n) is 3.52. The summed E-state index contributed by atoms with van der Waals surface area (Å²) in [5.74, 6) is 0. The van der Waals surface area contributed by atoms with E-state index in [2.05, 4.69) is 48.0 Å². The Labute approximate surface area is 104 Å². The summed E-state index contributed by atoms with van der Waals surface area (Å²) < 4.78 is 0. The Balaban J connectivity index is 2.17. The molecule has 0 bridgehead atoms. The van der Waals surface area contributed by atoms with E-state index < -0.39 is 0 Å². The lowest BCUT2D eigenvalue weighted by Gasteiger charge is -2.41. The van der Waals surface area contributed by atoms with Crippen molar-refractivity contribution >= 4 is 5.69 Å². The van der Waals surface area contributed by atoms with Crippen molar-refractivity contribution in [2.75, 3.05) is 38.1 Å². The van der Waals surface area contributed by atoms with Gasteiger partial charge in [0.05, 0.1) is 0 Å². The van der Waals surface area contributed by atoms with Crippen LogP contribution >= 0.6 is 0 Å². The van der Waals surface area contributed by atoms with Crippen molar-refractivity contribution in [3.8, 4) is 0 Å². The van der Waals surface area contributed by atoms with Crippen LogP contribution in [0.15, 0.2) is 24.3 Å². The number of rotatable bonds is 3. The van der Waals surface area contributed by atoms with Crippen molar-refractivity contribution in [2.24, 2.45) is 5.73 Å². The van der Waals surface area contributed by atoms with Gasteiger partial charge in [0.2, 0.25) is 0 Å². The quantitative estimate of drug-likeness (QED) is 0.858. The van der Waals surface area contributed by atoms with E-state index in [9.17, 15) is 0 Å². The van der Waals surface area contributed by atoms with E-state index in [1.165, 1.54) is 11.3 Å². The lowest BCUT2D eigenvalue weighted by Crippen LogP contribution is -2.52. The van der Waals surface area contributed by atoms with Gasteiger partial charge in [-0.1, -0.05) is 12.1 Å². The predicted molar refractivity (Wildman–Crippen MR) is 73.5 cm³/mol. The minimum atomic E-state index is 0.556. The number of benzene rings is 1. The molecule has 17 heavy (non-hydrogen) atoms. The summed E-state index contributed by atoms with van der Waals surface area (Å²) in [6.07, 6.45) is 1.07. The summed E-state index contributed by atoms with van der Waals surface area (Å²) >= 11 is 0. The largest absolute Gasteiger partial charge is 0.366 e. The van der Waals surface area contributed by atoms with Gasteiger partial charge in [-0.05, 0) is 44.6 Å². The summed E-state index contributed by atoms with van der Waals surface area (Å²) in [6.45, 7) is 6.27. The lowest BCUT2D eigenvalue weighted by atomic mass is 10.1. The van der Waals surface area contributed by atoms with Crippen LogP contribution in [0, 0.1) is 6.92 Å². The highest BCUT2D eigenvalue weighted by molar-refractivity contribution is 5.50. The first-order valence-electron chi connectivity index (χ1n) is 6.42. The van der Waals surface area contributed by atoms with E-state index in [1.54, 1.807) is 0 Å². The fourth-order valence-corrected chi connectivity index (χ4v) is 2.60. The van der Waals surface area contributed by atoms with Crippen LogP contribution in [-0.4, -0.2) is 44.2 Å². The first-order chi connectivity index (χ1) is 8.20. The topological polar surface area (TPSA) is 32.5 Å². The van der Waals surface area contributed by atoms with Gasteiger partial charge in [-0.2, -0.15) is 0 Å². The number of nitrogens with two attached hydrogens (primary N) is 1. The van der Waals surface area contributed by atoms with Crippen LogP contribution in [0.3, 0.4) is 0 Å². The van der Waals surface area contributed by atoms with Crippen molar-refractivity contribution in [1.29, 1.82) is 0 Å². The fraction of sp³-hybridized carbons (Fsp3) is 0.571. The Morgan fingerprint density at radius 3 is 2.88 bits per heavy atom. The Hall–Kier alpha value is -1.06. The third kappa shape index (κ3) is 2.99. The third-order valence-corrected chi connectivity index (χ3v) is 3.52. The molecule has 3 heteroatoms. The Morgan fingerprint density at radius 2 is 2.18 bits per heavy atom. The van der Waals surface area contributed by atoms with Crippen LogP contribution in [0.1, 0.15) is 12.0 Å². The Bertz CT molecular complexity index is 364. The molecule has 1 aromatic rings. The standard InChI is InChI=1S/C14H23N3/c1-12-4-3-5-13(10-12)17-9-8-16(2)11-14(17)6-7-15/h3-5,10,14H,6-9,11,15H2,1-2H3. The van der Waals surface area contributed by atoms with E-state index in [1.807, 2.05) is 0 Å². The fourth-order valence-electron chi connectivity index (χ4n) is 2.60. The van der Waals surface area contributed by atoms with E-state index in [4.69, 9.17) is 5.73 Å². The molecule has 0 aliphatic carbocycles. The number of piperazine rings is 1. The smallest absolute Gasteiger partial charge is 0.0429 e. The van der Waals surface area contributed by atoms with Gasteiger partial charge in [0.15, 0.2) is 0 Å². The van der Waals surface area contributed by atoms with Crippen molar-refractivity contribution in [3.63, 3.8) is 0 Å². The molecular weight excluding hydrogens is 210 g/mol. The average molecular weight is 233 g/mol. The zero-order chi connectivity index (χ0) is 12.3. The van der Waals surface area contributed by atoms with Gasteiger partial charge < -0.3 is 15.5 Å². The molecule has 0 radical (unpaired) electrons. The Morgan fingerprint density at radius 1 is 1.35 bits per heavy atom. The lowest BCUT2D eigenvalue weighted by molar-refractivity contribution is 0.262. The second-order valence-electron chi connectivity index (χ2n) is 5.03. The van der Waals surface area contributed by atoms with Crippen LogP contribution in [0.25, 0.3) is 0 Å². The maximum atomic E-state index is 5.73. The summed E-state index contributed by atoms with van der Waals surface area (Å²) in [7, 11) is 2.19. The molecule has 0 aromatic heterocycles. The molecule has 0 saturated carbocycles. The SMILES string of the molecule is Cc1cccc(N2CCN(C)CC2CCN)c1. The predicted octanol–water partition coefficient (Wildman–Crippen LogP) is 1.46. The first kappa shape index (κ1) is 12.4. The molecule has 0 spiro atoms. The summed E-state index contributed by atoms with van der Waals surface area (Å²) in [4.78, 5) is 4.91. The molecule has 1 unspecified atom stereocenters. The summed E-state index contributed by atoms with van der Waals surface area (Å²) in [5.41, 5.74) is 8.40. The Kier molecular flexibility index (Phi) is 4.02. The van der Waals surface area contributed by atoms with Crippen LogP contribution < -0.4 is 10.6 Å². The molecule has 0 amide bonds. The maximum absolute atomic E-state index is 5.73. The minimum Gasteiger partial charge on any atom is -0.366 e. The average Bonchev–Trinajstić information content (AvgIpc) is 2.29. The number of aryl methyl sites for hydroxylation is 1. The molecule has 2 rings (SSSR count). The summed E-state index contributed by atoms with van der Waals surface area (Å²) in [5, 5.41) is 0. The number of anilines is 1. The molecule has 2 N–H and O–H groups in total. The molecule has 1 saturated heterocycles. The number of likely N-dealkylation sites (N-methyl/N-ethyl adjacent to an activating group) is 1. The second kappa shape index (κ2) is 5.52. The zero-order valence-electron chi connectivity index (χ0n) is 10.9. The second-order valence-corrected chi connectivity index (χ2v) is 5.03. The molecular formula is C14H23N3. The van der Waals surface area contributed by atoms with Crippen molar-refractivity contribution < 1.29 is 0 Å². The van der Waals surface area contributed by atoms with E-state index in [-0.39, 0.29) is 0 Å². The molecule has 1 aliphatic heterocycles. The monoisotopic (exact) mass is 233 g/mol. The highest BCUT2D eigenvalue weighted by Gasteiger charge is 2.24. The summed E-state index contributed by atoms with van der Waals surface area (Å²) in [6, 6.07) is 9.33.